The summed E-state index contributed by atoms with van der Waals surface area (Å²) in [5.41, 5.74) is 3.28. The Morgan fingerprint density at radius 2 is 2.00 bits per heavy atom. The predicted octanol–water partition coefficient (Wildman–Crippen LogP) is 2.65. The quantitative estimate of drug-likeness (QED) is 0.695. The second-order valence-corrected chi connectivity index (χ2v) is 7.46. The number of furan rings is 1. The van der Waals surface area contributed by atoms with E-state index in [4.69, 9.17) is 9.84 Å². The maximum atomic E-state index is 12.1. The monoisotopic (exact) mass is 367 g/mol. The summed E-state index contributed by atoms with van der Waals surface area (Å²) < 4.78 is 37.0. The third-order valence-electron chi connectivity index (χ3n) is 3.75. The van der Waals surface area contributed by atoms with Gasteiger partial charge in [-0.1, -0.05) is 6.07 Å². The van der Waals surface area contributed by atoms with Crippen molar-refractivity contribution < 1.29 is 27.5 Å². The van der Waals surface area contributed by atoms with E-state index in [1.165, 1.54) is 0 Å². The van der Waals surface area contributed by atoms with E-state index in [1.807, 2.05) is 26.8 Å². The first-order valence-corrected chi connectivity index (χ1v) is 9.22. The summed E-state index contributed by atoms with van der Waals surface area (Å²) >= 11 is 0. The van der Waals surface area contributed by atoms with Crippen LogP contribution < -0.4 is 9.46 Å². The Morgan fingerprint density at radius 3 is 2.68 bits per heavy atom. The van der Waals surface area contributed by atoms with Crippen LogP contribution in [0.4, 0.5) is 0 Å². The van der Waals surface area contributed by atoms with Crippen molar-refractivity contribution in [2.24, 2.45) is 0 Å². The number of aromatic carboxylic acids is 1. The van der Waals surface area contributed by atoms with Gasteiger partial charge in [0, 0.05) is 6.54 Å². The molecule has 2 N–H and O–H groups in total. The van der Waals surface area contributed by atoms with Crippen molar-refractivity contribution in [2.45, 2.75) is 32.1 Å². The molecule has 0 aliphatic carbocycles. The van der Waals surface area contributed by atoms with Gasteiger partial charge in [0.2, 0.25) is 15.8 Å². The number of ether oxygens (including phenoxy) is 1. The number of rotatable bonds is 8. The molecule has 0 saturated heterocycles. The molecule has 0 bridgehead atoms. The van der Waals surface area contributed by atoms with Crippen LogP contribution in [0.3, 0.4) is 0 Å². The van der Waals surface area contributed by atoms with E-state index in [-0.39, 0.29) is 11.4 Å². The molecule has 0 amide bonds. The third kappa shape index (κ3) is 4.61. The summed E-state index contributed by atoms with van der Waals surface area (Å²) in [6.45, 7) is 6.42. The second-order valence-electron chi connectivity index (χ2n) is 5.72. The highest BCUT2D eigenvalue weighted by Gasteiger charge is 2.25. The van der Waals surface area contributed by atoms with E-state index in [9.17, 15) is 13.2 Å². The van der Waals surface area contributed by atoms with Crippen molar-refractivity contribution in [3.63, 3.8) is 0 Å². The van der Waals surface area contributed by atoms with E-state index in [1.54, 1.807) is 0 Å². The van der Waals surface area contributed by atoms with E-state index in [0.717, 1.165) is 34.8 Å². The van der Waals surface area contributed by atoms with E-state index in [0.29, 0.717) is 13.0 Å². The Kier molecular flexibility index (Phi) is 5.86. The lowest BCUT2D eigenvalue weighted by atomic mass is 10.1. The molecule has 0 atom stereocenters. The number of sulfonamides is 1. The average Bonchev–Trinajstić information content (AvgIpc) is 3.02. The first kappa shape index (κ1) is 19.0. The first-order chi connectivity index (χ1) is 11.7. The van der Waals surface area contributed by atoms with Gasteiger partial charge >= 0.3 is 5.97 Å². The Hall–Kier alpha value is -2.32. The second kappa shape index (κ2) is 7.71. The average molecular weight is 367 g/mol. The van der Waals surface area contributed by atoms with Gasteiger partial charge in [0.25, 0.3) is 0 Å². The number of carbonyl (C=O) groups is 1. The third-order valence-corrected chi connectivity index (χ3v) is 5.23. The molecular formula is C17H21NO6S. The molecule has 0 fully saturated rings. The van der Waals surface area contributed by atoms with Crippen LogP contribution in [-0.4, -0.2) is 32.6 Å². The van der Waals surface area contributed by atoms with Crippen molar-refractivity contribution in [2.75, 3.05) is 13.2 Å². The molecule has 7 nitrogen and oxygen atoms in total. The van der Waals surface area contributed by atoms with Gasteiger partial charge in [-0.25, -0.2) is 17.9 Å². The molecule has 1 heterocycles. The minimum Gasteiger partial charge on any atom is -0.493 e. The molecular weight excluding hydrogens is 346 g/mol. The molecule has 0 radical (unpaired) electrons. The number of carboxylic acid groups (broad SMARTS) is 1. The molecule has 0 aliphatic rings. The van der Waals surface area contributed by atoms with Crippen LogP contribution in [0.2, 0.25) is 0 Å². The topological polar surface area (TPSA) is 106 Å². The molecule has 0 spiro atoms. The van der Waals surface area contributed by atoms with Gasteiger partial charge in [-0.15, -0.1) is 0 Å². The van der Waals surface area contributed by atoms with Gasteiger partial charge in [-0.05, 0) is 56.0 Å². The van der Waals surface area contributed by atoms with Crippen LogP contribution >= 0.6 is 0 Å². The smallest absolute Gasteiger partial charge is 0.373 e. The zero-order chi connectivity index (χ0) is 18.6. The van der Waals surface area contributed by atoms with Crippen molar-refractivity contribution in [3.8, 4) is 5.75 Å². The molecule has 25 heavy (non-hydrogen) atoms. The standard InChI is InChI=1S/C17H21NO6S/c1-11-9-12(2)13(3)14(10-11)23-7-4-6-18-25(21,22)15-5-8-24-16(15)17(19)20/h5,8-10,18H,4,6-7H2,1-3H3,(H,19,20). The number of aryl methyl sites for hydroxylation is 2. The maximum absolute atomic E-state index is 12.1. The summed E-state index contributed by atoms with van der Waals surface area (Å²) in [6.07, 6.45) is 1.47. The van der Waals surface area contributed by atoms with Crippen molar-refractivity contribution in [1.29, 1.82) is 0 Å². The number of carboxylic acids is 1. The van der Waals surface area contributed by atoms with E-state index in [2.05, 4.69) is 15.2 Å². The number of benzene rings is 1. The Morgan fingerprint density at radius 1 is 1.28 bits per heavy atom. The fraction of sp³-hybridized carbons (Fsp3) is 0.353. The molecule has 136 valence electrons. The van der Waals surface area contributed by atoms with Crippen LogP contribution in [0, 0.1) is 20.8 Å². The summed E-state index contributed by atoms with van der Waals surface area (Å²) in [4.78, 5) is 10.6. The summed E-state index contributed by atoms with van der Waals surface area (Å²) in [6, 6.07) is 5.12. The van der Waals surface area contributed by atoms with Crippen molar-refractivity contribution >= 4 is 16.0 Å². The van der Waals surface area contributed by atoms with Crippen molar-refractivity contribution in [3.05, 3.63) is 46.9 Å². The largest absolute Gasteiger partial charge is 0.493 e. The molecule has 1 aromatic heterocycles. The minimum absolute atomic E-state index is 0.121. The van der Waals surface area contributed by atoms with Crippen LogP contribution in [0.25, 0.3) is 0 Å². The van der Waals surface area contributed by atoms with Gasteiger partial charge in [0.05, 0.1) is 12.9 Å². The molecule has 0 unspecified atom stereocenters. The summed E-state index contributed by atoms with van der Waals surface area (Å²) in [5, 5.41) is 8.92. The van der Waals surface area contributed by atoms with Gasteiger partial charge in [-0.2, -0.15) is 0 Å². The number of hydrogen-bond donors (Lipinski definition) is 2. The molecule has 1 aromatic carbocycles. The highest BCUT2D eigenvalue weighted by molar-refractivity contribution is 7.89. The predicted molar refractivity (Wildman–Crippen MR) is 91.6 cm³/mol. The van der Waals surface area contributed by atoms with Crippen LogP contribution in [0.15, 0.2) is 33.8 Å². The lowest BCUT2D eigenvalue weighted by Gasteiger charge is -2.12. The van der Waals surface area contributed by atoms with Crippen molar-refractivity contribution in [1.82, 2.24) is 4.72 Å². The Balaban J connectivity index is 1.89. The lowest BCUT2D eigenvalue weighted by molar-refractivity contribution is 0.0656. The van der Waals surface area contributed by atoms with Crippen LogP contribution in [0.1, 0.15) is 33.7 Å². The van der Waals surface area contributed by atoms with E-state index < -0.39 is 21.8 Å². The summed E-state index contributed by atoms with van der Waals surface area (Å²) in [7, 11) is -3.94. The van der Waals surface area contributed by atoms with Gasteiger partial charge < -0.3 is 14.3 Å². The number of nitrogens with one attached hydrogen (secondary N) is 1. The van der Waals surface area contributed by atoms with Crippen LogP contribution in [0.5, 0.6) is 5.75 Å². The number of hydrogen-bond acceptors (Lipinski definition) is 5. The molecule has 2 rings (SSSR count). The molecule has 2 aromatic rings. The van der Waals surface area contributed by atoms with Gasteiger partial charge in [0.15, 0.2) is 0 Å². The first-order valence-electron chi connectivity index (χ1n) is 7.73. The maximum Gasteiger partial charge on any atom is 0.373 e. The normalized spacial score (nSPS) is 11.5. The minimum atomic E-state index is -3.94. The molecule has 0 aliphatic heterocycles. The molecule has 8 heteroatoms. The summed E-state index contributed by atoms with van der Waals surface area (Å²) in [5.74, 6) is -1.25. The zero-order valence-corrected chi connectivity index (χ0v) is 15.1. The van der Waals surface area contributed by atoms with Gasteiger partial charge in [-0.3, -0.25) is 0 Å². The van der Waals surface area contributed by atoms with Crippen LogP contribution in [-0.2, 0) is 10.0 Å². The lowest BCUT2D eigenvalue weighted by Crippen LogP contribution is -2.26. The Bertz CT molecular complexity index is 869. The zero-order valence-electron chi connectivity index (χ0n) is 14.3. The highest BCUT2D eigenvalue weighted by atomic mass is 32.2. The van der Waals surface area contributed by atoms with E-state index >= 15 is 0 Å². The fourth-order valence-corrected chi connectivity index (χ4v) is 3.54. The Labute approximate surface area is 146 Å². The highest BCUT2D eigenvalue weighted by Crippen LogP contribution is 2.23. The van der Waals surface area contributed by atoms with Gasteiger partial charge in [0.1, 0.15) is 10.6 Å². The fourth-order valence-electron chi connectivity index (χ4n) is 2.35. The molecule has 0 saturated carbocycles. The SMILES string of the molecule is Cc1cc(C)c(C)c(OCCCNS(=O)(=O)c2ccoc2C(=O)O)c1.